The summed E-state index contributed by atoms with van der Waals surface area (Å²) >= 11 is 13.0. The molecule has 0 aliphatic heterocycles. The van der Waals surface area contributed by atoms with Crippen molar-refractivity contribution >= 4 is 148 Å². The van der Waals surface area contributed by atoms with Gasteiger partial charge in [-0.3, -0.25) is 0 Å². The van der Waals surface area contributed by atoms with E-state index in [4.69, 9.17) is 0 Å². The van der Waals surface area contributed by atoms with Crippen molar-refractivity contribution in [3.05, 3.63) is 301 Å². The number of benzene rings is 10. The molecule has 0 saturated heterocycles. The minimum Gasteiger partial charge on any atom is -0.309 e. The van der Waals surface area contributed by atoms with Gasteiger partial charge in [0.2, 0.25) is 0 Å². The summed E-state index contributed by atoms with van der Waals surface area (Å²) in [6.45, 7) is 0. The van der Waals surface area contributed by atoms with Gasteiger partial charge in [-0.1, -0.05) is 164 Å². The number of para-hydroxylation sites is 4. The Morgan fingerprint density at radius 1 is 0.315 bits per heavy atom. The lowest BCUT2D eigenvalue weighted by molar-refractivity contribution is 1.18. The van der Waals surface area contributed by atoms with Gasteiger partial charge in [0.05, 0.1) is 17.1 Å². The van der Waals surface area contributed by atoms with Gasteiger partial charge in [-0.05, 0) is 175 Å². The highest BCUT2D eigenvalue weighted by molar-refractivity contribution is 14.1. The van der Waals surface area contributed by atoms with Gasteiger partial charge in [-0.15, -0.1) is 22.7 Å². The van der Waals surface area contributed by atoms with E-state index >= 15 is 0 Å². The van der Waals surface area contributed by atoms with Gasteiger partial charge in [0.25, 0.3) is 0 Å². The van der Waals surface area contributed by atoms with Crippen molar-refractivity contribution in [1.82, 2.24) is 0 Å². The Morgan fingerprint density at radius 3 is 1.16 bits per heavy atom. The molecule has 0 amide bonds. The van der Waals surface area contributed by atoms with E-state index in [1.807, 2.05) is 24.3 Å². The average Bonchev–Trinajstić information content (AvgIpc) is 4.07. The van der Waals surface area contributed by atoms with Crippen LogP contribution in [-0.2, 0) is 6.42 Å². The standard InChI is InChI=1S/C32H23BrN2S.C27H21NS.C6H4BrI/c33-29-19-8-9-20-30(29)34(24-12-3-1-4-13-24)26-16-11-17-27(22-26)35(25-14-5-2-6-15-25)31-23-36-32-21-10-7-18-28(31)32;1-3-10-21(11-4-1)18-22-12-9-15-24(19-22)28(23-13-5-2-6-14-23)26-20-29-27-17-8-7-16-25(26)27;7-5-3-1-2-4-6(5)8/h1-23H;1-17,19-20H,18H2;1-4H. The Labute approximate surface area is 466 Å². The summed E-state index contributed by atoms with van der Waals surface area (Å²) in [5, 5.41) is 7.06. The first-order chi connectivity index (χ1) is 36.0. The summed E-state index contributed by atoms with van der Waals surface area (Å²) in [4.78, 5) is 7.02. The van der Waals surface area contributed by atoms with E-state index in [1.165, 1.54) is 62.1 Å². The van der Waals surface area contributed by atoms with E-state index in [-0.39, 0.29) is 0 Å². The molecule has 0 radical (unpaired) electrons. The molecule has 8 heteroatoms. The van der Waals surface area contributed by atoms with Crippen LogP contribution in [0.5, 0.6) is 0 Å². The van der Waals surface area contributed by atoms with Gasteiger partial charge in [0.15, 0.2) is 0 Å². The van der Waals surface area contributed by atoms with E-state index in [2.05, 4.69) is 323 Å². The molecule has 2 aromatic heterocycles. The van der Waals surface area contributed by atoms with Crippen LogP contribution in [0.25, 0.3) is 20.2 Å². The van der Waals surface area contributed by atoms with Crippen molar-refractivity contribution < 1.29 is 0 Å². The molecule has 0 atom stereocenters. The fraction of sp³-hybridized carbons (Fsp3) is 0.0154. The second kappa shape index (κ2) is 24.3. The predicted molar refractivity (Wildman–Crippen MR) is 332 cm³/mol. The van der Waals surface area contributed by atoms with Gasteiger partial charge in [0.1, 0.15) is 0 Å². The van der Waals surface area contributed by atoms with Gasteiger partial charge >= 0.3 is 0 Å². The first-order valence-electron chi connectivity index (χ1n) is 23.8. The predicted octanol–water partition coefficient (Wildman–Crippen LogP) is 21.6. The van der Waals surface area contributed by atoms with Gasteiger partial charge in [-0.25, -0.2) is 0 Å². The van der Waals surface area contributed by atoms with E-state index in [1.54, 1.807) is 22.7 Å². The van der Waals surface area contributed by atoms with Crippen LogP contribution in [0, 0.1) is 3.57 Å². The molecule has 12 aromatic rings. The maximum atomic E-state index is 3.78. The third-order valence-corrected chi connectivity index (χ3v) is 17.1. The molecule has 356 valence electrons. The topological polar surface area (TPSA) is 9.72 Å². The highest BCUT2D eigenvalue weighted by Crippen LogP contribution is 2.46. The molecule has 0 aliphatic carbocycles. The Balaban J connectivity index is 0.000000148. The third kappa shape index (κ3) is 12.0. The molecule has 10 aromatic carbocycles. The molecule has 73 heavy (non-hydrogen) atoms. The van der Waals surface area contributed by atoms with Crippen molar-refractivity contribution in [3.8, 4) is 0 Å². The second-order valence-electron chi connectivity index (χ2n) is 17.0. The van der Waals surface area contributed by atoms with Crippen LogP contribution < -0.4 is 14.7 Å². The van der Waals surface area contributed by atoms with Crippen LogP contribution >= 0.6 is 77.1 Å². The number of nitrogens with zero attached hydrogens (tertiary/aromatic N) is 3. The second-order valence-corrected chi connectivity index (χ2v) is 21.7. The van der Waals surface area contributed by atoms with Gasteiger partial charge < -0.3 is 14.7 Å². The largest absolute Gasteiger partial charge is 0.309 e. The lowest BCUT2D eigenvalue weighted by Crippen LogP contribution is -2.13. The zero-order chi connectivity index (χ0) is 49.8. The van der Waals surface area contributed by atoms with E-state index in [9.17, 15) is 0 Å². The highest BCUT2D eigenvalue weighted by atomic mass is 127. The Morgan fingerprint density at radius 2 is 0.685 bits per heavy atom. The molecule has 0 saturated carbocycles. The Kier molecular flexibility index (Phi) is 16.6. The van der Waals surface area contributed by atoms with Crippen molar-refractivity contribution in [1.29, 1.82) is 0 Å². The highest BCUT2D eigenvalue weighted by Gasteiger charge is 2.21. The summed E-state index contributed by atoms with van der Waals surface area (Å²) < 4.78 is 6.06. The first kappa shape index (κ1) is 49.8. The molecule has 0 spiro atoms. The number of hydrogen-bond acceptors (Lipinski definition) is 5. The molecule has 0 N–H and O–H groups in total. The molecular formula is C65H48Br2IN3S2. The molecule has 0 unspecified atom stereocenters. The number of rotatable bonds is 11. The van der Waals surface area contributed by atoms with E-state index in [0.717, 1.165) is 39.3 Å². The van der Waals surface area contributed by atoms with Crippen molar-refractivity contribution in [2.45, 2.75) is 6.42 Å². The lowest BCUT2D eigenvalue weighted by atomic mass is 10.0. The fourth-order valence-electron chi connectivity index (χ4n) is 8.77. The Bertz CT molecular complexity index is 3660. The van der Waals surface area contributed by atoms with Crippen LogP contribution in [-0.4, -0.2) is 0 Å². The molecule has 12 rings (SSSR count). The minimum atomic E-state index is 0.932. The lowest BCUT2D eigenvalue weighted by Gasteiger charge is -2.29. The van der Waals surface area contributed by atoms with Gasteiger partial charge in [0, 0.05) is 77.6 Å². The zero-order valence-electron chi connectivity index (χ0n) is 39.6. The monoisotopic (exact) mass is 1220 g/mol. The molecular weight excluding hydrogens is 1170 g/mol. The van der Waals surface area contributed by atoms with Crippen LogP contribution in [0.2, 0.25) is 0 Å². The summed E-state index contributed by atoms with van der Waals surface area (Å²) in [6.07, 6.45) is 0.932. The van der Waals surface area contributed by atoms with Crippen molar-refractivity contribution in [2.75, 3.05) is 14.7 Å². The molecule has 3 nitrogen and oxygen atoms in total. The summed E-state index contributed by atoms with van der Waals surface area (Å²) in [7, 11) is 0. The normalized spacial score (nSPS) is 10.7. The SMILES string of the molecule is Brc1ccccc1I.Brc1ccccc1N(c1ccccc1)c1cccc(N(c2ccccc2)c2csc3ccccc23)c1.c1ccc(Cc2cccc(N(c3ccccc3)c3csc4ccccc34)c2)cc1. The quantitative estimate of drug-likeness (QED) is 0.120. The third-order valence-electron chi connectivity index (χ3n) is 12.1. The number of fused-ring (bicyclic) bond motifs is 2. The number of hydrogen-bond donors (Lipinski definition) is 0. The molecule has 2 heterocycles. The smallest absolute Gasteiger partial charge is 0.0647 e. The van der Waals surface area contributed by atoms with Crippen molar-refractivity contribution in [2.24, 2.45) is 0 Å². The van der Waals surface area contributed by atoms with E-state index < -0.39 is 0 Å². The fourth-order valence-corrected chi connectivity index (χ4v) is 11.8. The summed E-state index contributed by atoms with van der Waals surface area (Å²) in [6, 6.07) is 93.8. The molecule has 0 aliphatic rings. The van der Waals surface area contributed by atoms with Crippen LogP contribution in [0.1, 0.15) is 11.1 Å². The first-order valence-corrected chi connectivity index (χ1v) is 28.3. The van der Waals surface area contributed by atoms with E-state index in [0.29, 0.717) is 0 Å². The van der Waals surface area contributed by atoms with Crippen LogP contribution in [0.4, 0.5) is 51.2 Å². The molecule has 0 bridgehead atoms. The maximum Gasteiger partial charge on any atom is 0.0647 e. The average molecular weight is 1220 g/mol. The number of thiophene rings is 2. The number of anilines is 9. The summed E-state index contributed by atoms with van der Waals surface area (Å²) in [5.41, 5.74) is 12.9. The van der Waals surface area contributed by atoms with Crippen LogP contribution in [0.15, 0.2) is 287 Å². The van der Waals surface area contributed by atoms with Crippen molar-refractivity contribution in [3.63, 3.8) is 0 Å². The Hall–Kier alpha value is -6.79. The van der Waals surface area contributed by atoms with Crippen LogP contribution in [0.3, 0.4) is 0 Å². The summed E-state index contributed by atoms with van der Waals surface area (Å²) in [5.74, 6) is 0. The molecule has 0 fully saturated rings. The zero-order valence-corrected chi connectivity index (χ0v) is 46.5. The number of halogens is 3. The van der Waals surface area contributed by atoms with Gasteiger partial charge in [-0.2, -0.15) is 0 Å². The minimum absolute atomic E-state index is 0.932. The maximum absolute atomic E-state index is 3.78.